The molecule has 0 bridgehead atoms. The van der Waals surface area contributed by atoms with Crippen molar-refractivity contribution in [2.45, 2.75) is 89.8 Å². The molecule has 0 fully saturated rings. The fourth-order valence-corrected chi connectivity index (χ4v) is 6.41. The molecule has 55 heavy (non-hydrogen) atoms. The Kier molecular flexibility index (Phi) is 15.2. The third-order valence-electron chi connectivity index (χ3n) is 8.82. The molecule has 4 rings (SSSR count). The van der Waals surface area contributed by atoms with Crippen molar-refractivity contribution in [2.75, 3.05) is 11.9 Å². The number of esters is 1. The Morgan fingerprint density at radius 2 is 1.45 bits per heavy atom. The highest BCUT2D eigenvalue weighted by Crippen LogP contribution is 2.42. The van der Waals surface area contributed by atoms with E-state index in [1.54, 1.807) is 24.3 Å². The Labute approximate surface area is 316 Å². The van der Waals surface area contributed by atoms with Crippen LogP contribution in [0.2, 0.25) is 0 Å². The molecule has 0 radical (unpaired) electrons. The van der Waals surface area contributed by atoms with Crippen LogP contribution in [0.5, 0.6) is 0 Å². The van der Waals surface area contributed by atoms with Gasteiger partial charge in [-0.3, -0.25) is 9.59 Å². The zero-order valence-electron chi connectivity index (χ0n) is 30.7. The Hall–Kier alpha value is -5.87. The molecule has 4 aromatic rings. The van der Waals surface area contributed by atoms with E-state index in [9.17, 15) is 44.4 Å². The van der Waals surface area contributed by atoms with Crippen LogP contribution in [0.1, 0.15) is 74.8 Å². The Morgan fingerprint density at radius 3 is 2.05 bits per heavy atom. The number of amides is 1. The largest absolute Gasteiger partial charge is 0.466 e. The van der Waals surface area contributed by atoms with Crippen molar-refractivity contribution >= 4 is 17.6 Å². The molecule has 4 atom stereocenters. The number of anilines is 1. The first-order valence-electron chi connectivity index (χ1n) is 17.8. The molecule has 0 saturated carbocycles. The van der Waals surface area contributed by atoms with E-state index in [1.807, 2.05) is 66.9 Å². The molecule has 0 spiro atoms. The molecule has 294 valence electrons. The molecule has 2 unspecified atom stereocenters. The number of aliphatic hydroxyl groups excluding tert-OH is 2. The fourth-order valence-electron chi connectivity index (χ4n) is 6.41. The molecule has 1 amide bonds. The number of hydrogen-bond donors (Lipinski definition) is 3. The molecule has 0 saturated heterocycles. The van der Waals surface area contributed by atoms with Crippen LogP contribution in [0.3, 0.4) is 0 Å². The second-order valence-electron chi connectivity index (χ2n) is 13.3. The number of halogens is 1. The van der Waals surface area contributed by atoms with E-state index >= 15 is 0 Å². The van der Waals surface area contributed by atoms with Gasteiger partial charge in [0.25, 0.3) is 16.1 Å². The second kappa shape index (κ2) is 20.0. The molecule has 1 aromatic heterocycles. The first-order chi connectivity index (χ1) is 26.2. The summed E-state index contributed by atoms with van der Waals surface area (Å²) < 4.78 is 21.3. The smallest absolute Gasteiger partial charge is 0.308 e. The number of nitrogens with one attached hydrogen (secondary N) is 1. The van der Waals surface area contributed by atoms with Gasteiger partial charge in [-0.1, -0.05) is 62.4 Å². The van der Waals surface area contributed by atoms with Gasteiger partial charge >= 0.3 is 5.97 Å². The van der Waals surface area contributed by atoms with E-state index in [0.717, 1.165) is 5.56 Å². The summed E-state index contributed by atoms with van der Waals surface area (Å²) in [5, 5.41) is 44.0. The number of aliphatic hydroxyl groups is 2. The number of benzene rings is 3. The molecule has 16 heteroatoms. The van der Waals surface area contributed by atoms with Crippen LogP contribution in [-0.2, 0) is 25.8 Å². The normalized spacial score (nSPS) is 13.4. The number of para-hydroxylation sites is 1. The number of aromatic nitrogens is 1. The van der Waals surface area contributed by atoms with Crippen LogP contribution in [0.15, 0.2) is 84.9 Å². The zero-order chi connectivity index (χ0) is 40.1. The minimum Gasteiger partial charge on any atom is -0.466 e. The third-order valence-corrected chi connectivity index (χ3v) is 8.82. The zero-order valence-corrected chi connectivity index (χ0v) is 30.7. The lowest BCUT2D eigenvalue weighted by Gasteiger charge is -2.21. The molecule has 0 aliphatic rings. The lowest BCUT2D eigenvalue weighted by molar-refractivity contribution is -0.798. The van der Waals surface area contributed by atoms with E-state index < -0.39 is 52.8 Å². The van der Waals surface area contributed by atoms with Crippen molar-refractivity contribution in [2.24, 2.45) is 0 Å². The molecular weight excluding hydrogens is 719 g/mol. The predicted octanol–water partition coefficient (Wildman–Crippen LogP) is 6.73. The van der Waals surface area contributed by atoms with Crippen molar-refractivity contribution in [1.82, 2.24) is 4.57 Å². The number of nitrogens with zero attached hydrogens (tertiary/aromatic N) is 3. The van der Waals surface area contributed by atoms with E-state index in [0.29, 0.717) is 33.8 Å². The summed E-state index contributed by atoms with van der Waals surface area (Å²) >= 11 is 0. The minimum absolute atomic E-state index is 0.0517. The summed E-state index contributed by atoms with van der Waals surface area (Å²) in [4.78, 5) is 56.9. The fraction of sp³-hybridized carbons (Fsp3) is 0.385. The van der Waals surface area contributed by atoms with E-state index in [2.05, 4.69) is 15.0 Å². The van der Waals surface area contributed by atoms with Crippen molar-refractivity contribution in [3.05, 3.63) is 122 Å². The predicted molar refractivity (Wildman–Crippen MR) is 199 cm³/mol. The summed E-state index contributed by atoms with van der Waals surface area (Å²) in [5.74, 6) is -1.74. The molecule has 15 nitrogen and oxygen atoms in total. The topological polar surface area (TPSA) is 206 Å². The van der Waals surface area contributed by atoms with Gasteiger partial charge in [-0.2, -0.15) is 0 Å². The van der Waals surface area contributed by atoms with Gasteiger partial charge in [-0.05, 0) is 86.1 Å². The van der Waals surface area contributed by atoms with Crippen LogP contribution in [0, 0.1) is 26.0 Å². The number of ether oxygens (including phenoxy) is 1. The van der Waals surface area contributed by atoms with Gasteiger partial charge in [0.1, 0.15) is 18.0 Å². The van der Waals surface area contributed by atoms with Crippen molar-refractivity contribution in [3.63, 3.8) is 0 Å². The van der Waals surface area contributed by atoms with E-state index in [-0.39, 0.29) is 50.7 Å². The molecular formula is C39H45FN4O11. The van der Waals surface area contributed by atoms with Crippen molar-refractivity contribution < 1.29 is 48.8 Å². The van der Waals surface area contributed by atoms with Gasteiger partial charge in [0.15, 0.2) is 0 Å². The maximum absolute atomic E-state index is 14.2. The monoisotopic (exact) mass is 764 g/mol. The molecule has 1 heterocycles. The Morgan fingerprint density at radius 1 is 0.836 bits per heavy atom. The average molecular weight is 765 g/mol. The van der Waals surface area contributed by atoms with Crippen LogP contribution in [0.25, 0.3) is 22.4 Å². The van der Waals surface area contributed by atoms with Gasteiger partial charge in [0.05, 0.1) is 36.5 Å². The standard InChI is InChI=1S/C39H45FN4O11/c1-25(2)37-36(39(48)41-30-13-8-5-9-14-30)35(27-11-6-4-7-12-27)38(28-16-18-29(40)19-17-28)42(37)21-20-31(45)23-32(46)24-34(47)53-22-10-15-33(55-44(51)52)26(3)54-43(49)50/h4-9,11-14,16-19,25-26,31-33,45-46H,10,15,20-24H2,1-3H3,(H,41,48)/t26?,31-,32-,33?/m1/s1. The lowest BCUT2D eigenvalue weighted by Crippen LogP contribution is -2.33. The van der Waals surface area contributed by atoms with E-state index in [1.165, 1.54) is 19.1 Å². The van der Waals surface area contributed by atoms with Crippen molar-refractivity contribution in [1.29, 1.82) is 0 Å². The van der Waals surface area contributed by atoms with Gasteiger partial charge in [-0.15, -0.1) is 20.2 Å². The molecule has 3 N–H and O–H groups in total. The molecule has 3 aromatic carbocycles. The Balaban J connectivity index is 1.51. The van der Waals surface area contributed by atoms with E-state index in [4.69, 9.17) is 4.74 Å². The number of hydrogen-bond acceptors (Lipinski definition) is 11. The second-order valence-corrected chi connectivity index (χ2v) is 13.3. The van der Waals surface area contributed by atoms with Crippen molar-refractivity contribution in [3.8, 4) is 22.4 Å². The first kappa shape index (κ1) is 41.9. The summed E-state index contributed by atoms with van der Waals surface area (Å²) in [5.41, 5.74) is 4.41. The maximum atomic E-state index is 14.2. The quantitative estimate of drug-likeness (QED) is 0.0351. The molecule has 0 aliphatic carbocycles. The highest BCUT2D eigenvalue weighted by molar-refractivity contribution is 6.12. The van der Waals surface area contributed by atoms with Crippen LogP contribution in [-0.4, -0.2) is 67.9 Å². The number of carbonyl (C=O) groups excluding carboxylic acids is 2. The van der Waals surface area contributed by atoms with Gasteiger partial charge in [-0.25, -0.2) is 4.39 Å². The highest BCUT2D eigenvalue weighted by atomic mass is 19.1. The van der Waals surface area contributed by atoms with Gasteiger partial charge in [0, 0.05) is 23.5 Å². The number of carbonyl (C=O) groups is 2. The Bertz CT molecular complexity index is 1890. The summed E-state index contributed by atoms with van der Waals surface area (Å²) in [6, 6.07) is 24.4. The minimum atomic E-state index is -1.28. The molecule has 0 aliphatic heterocycles. The average Bonchev–Trinajstić information content (AvgIpc) is 3.48. The SMILES string of the molecule is CC(C)c1c(C(=O)Nc2ccccc2)c(-c2ccccc2)c(-c2ccc(F)cc2)n1CC[C@@H](O)C[C@@H](O)CC(=O)OCCCC(O[N+](=O)[O-])C(C)O[N+](=O)[O-]. The number of rotatable bonds is 21. The first-order valence-corrected chi connectivity index (χ1v) is 17.8. The summed E-state index contributed by atoms with van der Waals surface area (Å²) in [6.45, 7) is 5.13. The van der Waals surface area contributed by atoms with Gasteiger partial charge < -0.3 is 34.5 Å². The maximum Gasteiger partial charge on any atom is 0.308 e. The summed E-state index contributed by atoms with van der Waals surface area (Å²) in [6.07, 6.45) is -5.45. The summed E-state index contributed by atoms with van der Waals surface area (Å²) in [7, 11) is 0. The lowest BCUT2D eigenvalue weighted by atomic mass is 9.94. The van der Waals surface area contributed by atoms with Crippen LogP contribution < -0.4 is 5.32 Å². The van der Waals surface area contributed by atoms with Gasteiger partial charge in [0.2, 0.25) is 0 Å². The highest BCUT2D eigenvalue weighted by Gasteiger charge is 2.31. The van der Waals surface area contributed by atoms with Crippen LogP contribution >= 0.6 is 0 Å². The third kappa shape index (κ3) is 12.1. The van der Waals surface area contributed by atoms with Crippen LogP contribution in [0.4, 0.5) is 10.1 Å².